The van der Waals surface area contributed by atoms with E-state index in [4.69, 9.17) is 0 Å². The number of carbonyl (C=O) groups excluding carboxylic acids is 1. The van der Waals surface area contributed by atoms with Crippen LogP contribution in [0.2, 0.25) is 0 Å². The second-order valence-electron chi connectivity index (χ2n) is 5.75. The molecular formula is C18H25N5O2S. The van der Waals surface area contributed by atoms with Crippen molar-refractivity contribution < 1.29 is 9.90 Å². The summed E-state index contributed by atoms with van der Waals surface area (Å²) in [6, 6.07) is 6.15. The van der Waals surface area contributed by atoms with E-state index in [0.717, 1.165) is 23.2 Å². The van der Waals surface area contributed by atoms with Crippen LogP contribution in [0.1, 0.15) is 28.0 Å². The molecule has 2 aromatic rings. The molecule has 1 aromatic heterocycles. The maximum Gasteiger partial charge on any atom is 0.251 e. The molecule has 0 aliphatic rings. The molecule has 1 amide bonds. The molecule has 0 saturated carbocycles. The number of aromatic nitrogens is 1. The lowest BCUT2D eigenvalue weighted by Crippen LogP contribution is -2.39. The maximum atomic E-state index is 12.0. The molecule has 8 heteroatoms. The number of rotatable bonds is 7. The summed E-state index contributed by atoms with van der Waals surface area (Å²) in [7, 11) is 1.96. The number of amides is 1. The number of aliphatic imine (C=N–C) groups is 1. The standard InChI is InChI=1S/C18H25N5O2S/c1-4-19-18(23(3)11-15-12-26-13(2)22-15)21-10-9-20-17(25)14-5-7-16(24)8-6-14/h5-8,12,24H,4,9-11H2,1-3H3,(H,19,21)(H,20,25). The van der Waals surface area contributed by atoms with E-state index >= 15 is 0 Å². The molecule has 0 aliphatic carbocycles. The molecule has 0 radical (unpaired) electrons. The summed E-state index contributed by atoms with van der Waals surface area (Å²) >= 11 is 1.63. The molecule has 0 fully saturated rings. The van der Waals surface area contributed by atoms with E-state index < -0.39 is 0 Å². The van der Waals surface area contributed by atoms with Crippen molar-refractivity contribution in [1.29, 1.82) is 0 Å². The number of hydrogen-bond acceptors (Lipinski definition) is 5. The minimum Gasteiger partial charge on any atom is -0.508 e. The molecule has 0 spiro atoms. The van der Waals surface area contributed by atoms with Crippen LogP contribution in [0, 0.1) is 6.92 Å². The van der Waals surface area contributed by atoms with Gasteiger partial charge in [0, 0.05) is 31.1 Å². The van der Waals surface area contributed by atoms with Gasteiger partial charge in [-0.1, -0.05) is 0 Å². The van der Waals surface area contributed by atoms with Crippen LogP contribution in [0.15, 0.2) is 34.6 Å². The molecule has 26 heavy (non-hydrogen) atoms. The number of nitrogens with one attached hydrogen (secondary N) is 2. The zero-order valence-corrected chi connectivity index (χ0v) is 16.1. The largest absolute Gasteiger partial charge is 0.508 e. The molecule has 7 nitrogen and oxygen atoms in total. The average molecular weight is 375 g/mol. The first-order valence-corrected chi connectivity index (χ1v) is 9.35. The lowest BCUT2D eigenvalue weighted by molar-refractivity contribution is 0.0955. The minimum absolute atomic E-state index is 0.139. The molecule has 0 saturated heterocycles. The van der Waals surface area contributed by atoms with Gasteiger partial charge in [0.25, 0.3) is 5.91 Å². The SMILES string of the molecule is CCNC(=NCCNC(=O)c1ccc(O)cc1)N(C)Cc1csc(C)n1. The van der Waals surface area contributed by atoms with E-state index in [1.165, 1.54) is 12.1 Å². The highest BCUT2D eigenvalue weighted by atomic mass is 32.1. The van der Waals surface area contributed by atoms with Crippen molar-refractivity contribution in [2.24, 2.45) is 4.99 Å². The maximum absolute atomic E-state index is 12.0. The Balaban J connectivity index is 1.85. The van der Waals surface area contributed by atoms with Gasteiger partial charge in [-0.25, -0.2) is 4.98 Å². The van der Waals surface area contributed by atoms with E-state index in [-0.39, 0.29) is 11.7 Å². The number of phenolic OH excluding ortho intramolecular Hbond substituents is 1. The molecule has 0 bridgehead atoms. The van der Waals surface area contributed by atoms with Crippen LogP contribution in [0.5, 0.6) is 5.75 Å². The third kappa shape index (κ3) is 6.03. The van der Waals surface area contributed by atoms with Gasteiger partial charge < -0.3 is 20.6 Å². The van der Waals surface area contributed by atoms with Crippen molar-refractivity contribution >= 4 is 23.2 Å². The van der Waals surface area contributed by atoms with Gasteiger partial charge in [0.15, 0.2) is 5.96 Å². The Morgan fingerprint density at radius 3 is 2.65 bits per heavy atom. The van der Waals surface area contributed by atoms with Gasteiger partial charge in [0.1, 0.15) is 5.75 Å². The van der Waals surface area contributed by atoms with Gasteiger partial charge >= 0.3 is 0 Å². The Hall–Kier alpha value is -2.61. The number of aryl methyl sites for hydroxylation is 1. The van der Waals surface area contributed by atoms with Crippen molar-refractivity contribution in [1.82, 2.24) is 20.5 Å². The number of benzene rings is 1. The first-order chi connectivity index (χ1) is 12.5. The first kappa shape index (κ1) is 19.7. The van der Waals surface area contributed by atoms with Gasteiger partial charge in [-0.3, -0.25) is 9.79 Å². The van der Waals surface area contributed by atoms with E-state index in [9.17, 15) is 9.90 Å². The molecule has 0 atom stereocenters. The second-order valence-corrected chi connectivity index (χ2v) is 6.81. The van der Waals surface area contributed by atoms with Gasteiger partial charge in [0.2, 0.25) is 0 Å². The summed E-state index contributed by atoms with van der Waals surface area (Å²) in [5.74, 6) is 0.730. The van der Waals surface area contributed by atoms with E-state index in [1.807, 2.05) is 31.2 Å². The van der Waals surface area contributed by atoms with Gasteiger partial charge in [-0.05, 0) is 38.1 Å². The summed E-state index contributed by atoms with van der Waals surface area (Å²) < 4.78 is 0. The molecular weight excluding hydrogens is 350 g/mol. The number of aromatic hydroxyl groups is 1. The lowest BCUT2D eigenvalue weighted by Gasteiger charge is -2.21. The number of thiazole rings is 1. The quantitative estimate of drug-likeness (QED) is 0.391. The highest BCUT2D eigenvalue weighted by Crippen LogP contribution is 2.10. The summed E-state index contributed by atoms with van der Waals surface area (Å²) in [6.45, 7) is 6.34. The summed E-state index contributed by atoms with van der Waals surface area (Å²) in [5.41, 5.74) is 1.52. The predicted octanol–water partition coefficient (Wildman–Crippen LogP) is 1.98. The Morgan fingerprint density at radius 2 is 2.04 bits per heavy atom. The van der Waals surface area contributed by atoms with Gasteiger partial charge in [-0.2, -0.15) is 0 Å². The number of guanidine groups is 1. The Labute approximate surface area is 157 Å². The summed E-state index contributed by atoms with van der Waals surface area (Å²) in [4.78, 5) is 23.1. The molecule has 0 aliphatic heterocycles. The third-order valence-corrected chi connectivity index (χ3v) is 4.37. The fourth-order valence-electron chi connectivity index (χ4n) is 2.31. The van der Waals surface area contributed by atoms with Crippen LogP contribution in [0.25, 0.3) is 0 Å². The highest BCUT2D eigenvalue weighted by molar-refractivity contribution is 7.09. The Morgan fingerprint density at radius 1 is 1.31 bits per heavy atom. The highest BCUT2D eigenvalue weighted by Gasteiger charge is 2.09. The van der Waals surface area contributed by atoms with Crippen LogP contribution >= 0.6 is 11.3 Å². The lowest BCUT2D eigenvalue weighted by atomic mass is 10.2. The van der Waals surface area contributed by atoms with Crippen LogP contribution in [0.4, 0.5) is 0 Å². The third-order valence-electron chi connectivity index (χ3n) is 3.55. The zero-order valence-electron chi connectivity index (χ0n) is 15.3. The van der Waals surface area contributed by atoms with Crippen LogP contribution < -0.4 is 10.6 Å². The molecule has 3 N–H and O–H groups in total. The fraction of sp³-hybridized carbons (Fsp3) is 0.389. The summed E-state index contributed by atoms with van der Waals surface area (Å²) in [5, 5.41) is 18.4. The van der Waals surface area contributed by atoms with Gasteiger partial charge in [0.05, 0.1) is 23.8 Å². The van der Waals surface area contributed by atoms with Crippen LogP contribution in [-0.4, -0.2) is 53.5 Å². The molecule has 1 aromatic carbocycles. The minimum atomic E-state index is -0.184. The Bertz CT molecular complexity index is 742. The molecule has 0 unspecified atom stereocenters. The van der Waals surface area contributed by atoms with E-state index in [0.29, 0.717) is 25.2 Å². The fourth-order valence-corrected chi connectivity index (χ4v) is 2.92. The van der Waals surface area contributed by atoms with Crippen molar-refractivity contribution in [2.75, 3.05) is 26.7 Å². The van der Waals surface area contributed by atoms with Gasteiger partial charge in [-0.15, -0.1) is 11.3 Å². The van der Waals surface area contributed by atoms with Crippen molar-refractivity contribution in [3.63, 3.8) is 0 Å². The van der Waals surface area contributed by atoms with Crippen LogP contribution in [0.3, 0.4) is 0 Å². The Kier molecular flexibility index (Phi) is 7.40. The average Bonchev–Trinajstić information content (AvgIpc) is 3.02. The van der Waals surface area contributed by atoms with Crippen molar-refractivity contribution in [3.05, 3.63) is 45.9 Å². The van der Waals surface area contributed by atoms with Crippen LogP contribution in [-0.2, 0) is 6.54 Å². The van der Waals surface area contributed by atoms with Crippen molar-refractivity contribution in [2.45, 2.75) is 20.4 Å². The monoisotopic (exact) mass is 375 g/mol. The normalized spacial score (nSPS) is 11.3. The van der Waals surface area contributed by atoms with E-state index in [2.05, 4.69) is 20.6 Å². The second kappa shape index (κ2) is 9.76. The topological polar surface area (TPSA) is 89.8 Å². The number of nitrogens with zero attached hydrogens (tertiary/aromatic N) is 3. The van der Waals surface area contributed by atoms with Crippen molar-refractivity contribution in [3.8, 4) is 5.75 Å². The summed E-state index contributed by atoms with van der Waals surface area (Å²) in [6.07, 6.45) is 0. The predicted molar refractivity (Wildman–Crippen MR) is 105 cm³/mol. The first-order valence-electron chi connectivity index (χ1n) is 8.47. The molecule has 140 valence electrons. The number of hydrogen-bond donors (Lipinski definition) is 3. The zero-order chi connectivity index (χ0) is 18.9. The smallest absolute Gasteiger partial charge is 0.251 e. The number of phenols is 1. The number of carbonyl (C=O) groups is 1. The molecule has 1 heterocycles. The van der Waals surface area contributed by atoms with E-state index in [1.54, 1.807) is 23.5 Å². The molecule has 2 rings (SSSR count).